The van der Waals surface area contributed by atoms with Crippen molar-refractivity contribution in [1.29, 1.82) is 0 Å². The molecule has 1 amide bonds. The molecule has 0 aliphatic rings. The molecular formula is C21H21N3O2. The van der Waals surface area contributed by atoms with E-state index in [9.17, 15) is 4.79 Å². The van der Waals surface area contributed by atoms with Gasteiger partial charge in [0, 0.05) is 23.1 Å². The van der Waals surface area contributed by atoms with Crippen LogP contribution in [0.25, 0.3) is 0 Å². The third kappa shape index (κ3) is 4.25. The fraction of sp³-hybridized carbons (Fsp3) is 0.190. The third-order valence-electron chi connectivity index (χ3n) is 4.17. The van der Waals surface area contributed by atoms with E-state index >= 15 is 0 Å². The fourth-order valence-corrected chi connectivity index (χ4v) is 2.76. The summed E-state index contributed by atoms with van der Waals surface area (Å²) in [6.07, 6.45) is 0.901. The van der Waals surface area contributed by atoms with E-state index in [1.54, 1.807) is 0 Å². The number of aryl methyl sites for hydroxylation is 2. The summed E-state index contributed by atoms with van der Waals surface area (Å²) in [5.41, 5.74) is 7.12. The van der Waals surface area contributed by atoms with Crippen LogP contribution in [0.2, 0.25) is 0 Å². The molecule has 5 heteroatoms. The Hall–Kier alpha value is -3.21. The highest BCUT2D eigenvalue weighted by Crippen LogP contribution is 2.14. The van der Waals surface area contributed by atoms with Crippen LogP contribution in [0, 0.1) is 13.8 Å². The molecule has 0 bridgehead atoms. The topological polar surface area (TPSA) is 67.5 Å². The van der Waals surface area contributed by atoms with Crippen LogP contribution in [0.4, 0.5) is 0 Å². The lowest BCUT2D eigenvalue weighted by Crippen LogP contribution is -2.21. The van der Waals surface area contributed by atoms with Gasteiger partial charge in [0.2, 0.25) is 5.91 Å². The number of carbonyl (C=O) groups is 1. The number of benzene rings is 2. The van der Waals surface area contributed by atoms with Crippen LogP contribution in [0.3, 0.4) is 0 Å². The maximum absolute atomic E-state index is 12.3. The molecule has 0 radical (unpaired) electrons. The van der Waals surface area contributed by atoms with Gasteiger partial charge in [0.05, 0.1) is 11.4 Å². The van der Waals surface area contributed by atoms with Gasteiger partial charge in [0.25, 0.3) is 0 Å². The van der Waals surface area contributed by atoms with Gasteiger partial charge in [0.1, 0.15) is 5.76 Å². The Labute approximate surface area is 152 Å². The van der Waals surface area contributed by atoms with Gasteiger partial charge < -0.3 is 4.52 Å². The average Bonchev–Trinajstić information content (AvgIpc) is 3.00. The Balaban J connectivity index is 1.73. The molecule has 0 aliphatic heterocycles. The quantitative estimate of drug-likeness (QED) is 0.545. The van der Waals surface area contributed by atoms with Gasteiger partial charge in [-0.15, -0.1) is 0 Å². The molecule has 0 atom stereocenters. The molecule has 0 fully saturated rings. The number of nitrogens with zero attached hydrogens (tertiary/aromatic N) is 2. The normalized spacial score (nSPS) is 10.4. The second-order valence-corrected chi connectivity index (χ2v) is 6.03. The van der Waals surface area contributed by atoms with Crippen LogP contribution >= 0.6 is 0 Å². The molecule has 5 nitrogen and oxygen atoms in total. The summed E-state index contributed by atoms with van der Waals surface area (Å²) in [7, 11) is 0. The molecule has 1 N–H and O–H groups in total. The number of amides is 1. The molecule has 0 aliphatic carbocycles. The van der Waals surface area contributed by atoms with Crippen LogP contribution in [-0.4, -0.2) is 16.8 Å². The van der Waals surface area contributed by atoms with Gasteiger partial charge in [-0.05, 0) is 20.3 Å². The van der Waals surface area contributed by atoms with Crippen LogP contribution in [0.5, 0.6) is 0 Å². The summed E-state index contributed by atoms with van der Waals surface area (Å²) in [6.45, 7) is 3.74. The highest BCUT2D eigenvalue weighted by atomic mass is 16.5. The molecule has 3 aromatic rings. The summed E-state index contributed by atoms with van der Waals surface area (Å²) in [5.74, 6) is 0.613. The van der Waals surface area contributed by atoms with Gasteiger partial charge in [0.15, 0.2) is 0 Å². The summed E-state index contributed by atoms with van der Waals surface area (Å²) in [5, 5.41) is 8.30. The van der Waals surface area contributed by atoms with Crippen molar-refractivity contribution < 1.29 is 9.32 Å². The molecule has 0 unspecified atom stereocenters. The Morgan fingerprint density at radius 3 is 2.08 bits per heavy atom. The monoisotopic (exact) mass is 347 g/mol. The summed E-state index contributed by atoms with van der Waals surface area (Å²) >= 11 is 0. The minimum Gasteiger partial charge on any atom is -0.361 e. The smallest absolute Gasteiger partial charge is 0.240 e. The largest absolute Gasteiger partial charge is 0.361 e. The second kappa shape index (κ2) is 8.25. The molecular weight excluding hydrogens is 326 g/mol. The first-order chi connectivity index (χ1) is 12.6. The maximum atomic E-state index is 12.3. The minimum atomic E-state index is -0.144. The predicted octanol–water partition coefficient (Wildman–Crippen LogP) is 3.79. The first kappa shape index (κ1) is 17.6. The van der Waals surface area contributed by atoms with Gasteiger partial charge in [-0.2, -0.15) is 5.10 Å². The van der Waals surface area contributed by atoms with E-state index in [0.717, 1.165) is 33.9 Å². The van der Waals surface area contributed by atoms with E-state index in [2.05, 4.69) is 15.7 Å². The zero-order chi connectivity index (χ0) is 18.4. The van der Waals surface area contributed by atoms with Crippen molar-refractivity contribution in [1.82, 2.24) is 10.6 Å². The minimum absolute atomic E-state index is 0.144. The summed E-state index contributed by atoms with van der Waals surface area (Å²) in [4.78, 5) is 12.3. The average molecular weight is 347 g/mol. The number of aromatic nitrogens is 1. The van der Waals surface area contributed by atoms with E-state index in [0.29, 0.717) is 12.8 Å². The Kier molecular flexibility index (Phi) is 5.59. The fourth-order valence-electron chi connectivity index (χ4n) is 2.76. The summed E-state index contributed by atoms with van der Waals surface area (Å²) < 4.78 is 5.13. The van der Waals surface area contributed by atoms with Gasteiger partial charge in [-0.3, -0.25) is 4.79 Å². The summed E-state index contributed by atoms with van der Waals surface area (Å²) in [6, 6.07) is 19.6. The Morgan fingerprint density at radius 2 is 1.58 bits per heavy atom. The maximum Gasteiger partial charge on any atom is 0.240 e. The molecule has 0 saturated heterocycles. The molecule has 3 rings (SSSR count). The molecule has 2 aromatic carbocycles. The Morgan fingerprint density at radius 1 is 1.00 bits per heavy atom. The zero-order valence-electron chi connectivity index (χ0n) is 14.9. The standard InChI is InChI=1S/C21H21N3O2/c1-15-19(16(2)26-24-15)13-14-20(25)22-23-21(17-9-5-3-6-10-17)18-11-7-4-8-12-18/h3-12H,13-14H2,1-2H3,(H,22,25). The molecule has 1 heterocycles. The molecule has 26 heavy (non-hydrogen) atoms. The van der Waals surface area contributed by atoms with E-state index in [4.69, 9.17) is 4.52 Å². The molecule has 1 aromatic heterocycles. The highest BCUT2D eigenvalue weighted by Gasteiger charge is 2.12. The number of nitrogens with one attached hydrogen (secondary N) is 1. The SMILES string of the molecule is Cc1noc(C)c1CCC(=O)NN=C(c1ccccc1)c1ccccc1. The van der Waals surface area contributed by atoms with Gasteiger partial charge >= 0.3 is 0 Å². The third-order valence-corrected chi connectivity index (χ3v) is 4.17. The lowest BCUT2D eigenvalue weighted by atomic mass is 10.0. The highest BCUT2D eigenvalue weighted by molar-refractivity contribution is 6.13. The zero-order valence-corrected chi connectivity index (χ0v) is 14.9. The van der Waals surface area contributed by atoms with Crippen molar-refractivity contribution in [2.75, 3.05) is 0 Å². The Bertz CT molecular complexity index is 839. The van der Waals surface area contributed by atoms with Crippen LogP contribution in [0.15, 0.2) is 70.3 Å². The van der Waals surface area contributed by atoms with Gasteiger partial charge in [-0.1, -0.05) is 65.8 Å². The lowest BCUT2D eigenvalue weighted by molar-refractivity contribution is -0.121. The van der Waals surface area contributed by atoms with Crippen LogP contribution in [-0.2, 0) is 11.2 Å². The van der Waals surface area contributed by atoms with Crippen molar-refractivity contribution in [2.45, 2.75) is 26.7 Å². The van der Waals surface area contributed by atoms with E-state index in [-0.39, 0.29) is 5.91 Å². The number of rotatable bonds is 6. The first-order valence-corrected chi connectivity index (χ1v) is 8.54. The molecule has 132 valence electrons. The number of hydrazone groups is 1. The van der Waals surface area contributed by atoms with Crippen molar-refractivity contribution in [3.8, 4) is 0 Å². The van der Waals surface area contributed by atoms with E-state index in [1.807, 2.05) is 74.5 Å². The van der Waals surface area contributed by atoms with Crippen molar-refractivity contribution in [2.24, 2.45) is 5.10 Å². The first-order valence-electron chi connectivity index (χ1n) is 8.54. The predicted molar refractivity (Wildman–Crippen MR) is 101 cm³/mol. The lowest BCUT2D eigenvalue weighted by Gasteiger charge is -2.08. The van der Waals surface area contributed by atoms with Crippen LogP contribution < -0.4 is 5.43 Å². The number of hydrogen-bond acceptors (Lipinski definition) is 4. The molecule has 0 saturated carbocycles. The number of hydrogen-bond donors (Lipinski definition) is 1. The van der Waals surface area contributed by atoms with Crippen molar-refractivity contribution >= 4 is 11.6 Å². The number of carbonyl (C=O) groups excluding carboxylic acids is 1. The van der Waals surface area contributed by atoms with Gasteiger partial charge in [-0.25, -0.2) is 5.43 Å². The molecule has 0 spiro atoms. The van der Waals surface area contributed by atoms with Crippen molar-refractivity contribution in [3.63, 3.8) is 0 Å². The van der Waals surface area contributed by atoms with Crippen molar-refractivity contribution in [3.05, 3.63) is 88.8 Å². The van der Waals surface area contributed by atoms with E-state index < -0.39 is 0 Å². The van der Waals surface area contributed by atoms with Crippen LogP contribution in [0.1, 0.15) is 34.6 Å². The second-order valence-electron chi connectivity index (χ2n) is 6.03. The van der Waals surface area contributed by atoms with E-state index in [1.165, 1.54) is 0 Å².